The van der Waals surface area contributed by atoms with Crippen LogP contribution in [0.3, 0.4) is 0 Å². The third kappa shape index (κ3) is 2.92. The molecule has 1 aliphatic carbocycles. The molecule has 1 aliphatic heterocycles. The topological polar surface area (TPSA) is 12.0 Å². The van der Waals surface area contributed by atoms with Crippen LogP contribution >= 0.6 is 0 Å². The fourth-order valence-electron chi connectivity index (χ4n) is 4.69. The van der Waals surface area contributed by atoms with Crippen molar-refractivity contribution in [1.82, 2.24) is 5.32 Å². The Balaban J connectivity index is 2.08. The van der Waals surface area contributed by atoms with Gasteiger partial charge in [-0.3, -0.25) is 0 Å². The van der Waals surface area contributed by atoms with E-state index >= 15 is 0 Å². The highest BCUT2D eigenvalue weighted by atomic mass is 14.9. The van der Waals surface area contributed by atoms with E-state index in [1.165, 1.54) is 51.6 Å². The zero-order valence-electron chi connectivity index (χ0n) is 13.0. The SMILES string of the molecule is CC(C)C1CCCC2(CCNCC2C(C)C)CC1. The number of hydrogen-bond donors (Lipinski definition) is 1. The second-order valence-corrected chi connectivity index (χ2v) is 7.60. The number of hydrogen-bond acceptors (Lipinski definition) is 1. The summed E-state index contributed by atoms with van der Waals surface area (Å²) in [5.74, 6) is 3.64. The van der Waals surface area contributed by atoms with Crippen LogP contribution in [0.15, 0.2) is 0 Å². The molecule has 0 radical (unpaired) electrons. The summed E-state index contributed by atoms with van der Waals surface area (Å²) >= 11 is 0. The van der Waals surface area contributed by atoms with Gasteiger partial charge in [0.1, 0.15) is 0 Å². The molecule has 3 atom stereocenters. The van der Waals surface area contributed by atoms with Gasteiger partial charge in [-0.2, -0.15) is 0 Å². The van der Waals surface area contributed by atoms with Crippen LogP contribution in [0.1, 0.15) is 66.2 Å². The summed E-state index contributed by atoms with van der Waals surface area (Å²) in [5, 5.41) is 3.64. The lowest BCUT2D eigenvalue weighted by Gasteiger charge is -2.47. The fourth-order valence-corrected chi connectivity index (χ4v) is 4.69. The Kier molecular flexibility index (Phi) is 4.75. The molecule has 1 heteroatoms. The molecular formula is C17H33N. The van der Waals surface area contributed by atoms with Gasteiger partial charge in [-0.05, 0) is 67.9 Å². The van der Waals surface area contributed by atoms with E-state index in [1.807, 2.05) is 0 Å². The summed E-state index contributed by atoms with van der Waals surface area (Å²) in [7, 11) is 0. The molecule has 18 heavy (non-hydrogen) atoms. The van der Waals surface area contributed by atoms with E-state index in [2.05, 4.69) is 33.0 Å². The maximum Gasteiger partial charge on any atom is -0.00127 e. The van der Waals surface area contributed by atoms with Crippen LogP contribution in [-0.4, -0.2) is 13.1 Å². The Morgan fingerprint density at radius 3 is 2.39 bits per heavy atom. The Morgan fingerprint density at radius 2 is 1.72 bits per heavy atom. The van der Waals surface area contributed by atoms with Crippen molar-refractivity contribution < 1.29 is 0 Å². The maximum absolute atomic E-state index is 3.64. The van der Waals surface area contributed by atoms with E-state index in [0.29, 0.717) is 5.41 Å². The first-order valence-corrected chi connectivity index (χ1v) is 8.26. The summed E-state index contributed by atoms with van der Waals surface area (Å²) in [4.78, 5) is 0. The summed E-state index contributed by atoms with van der Waals surface area (Å²) in [6.07, 6.45) is 8.88. The summed E-state index contributed by atoms with van der Waals surface area (Å²) < 4.78 is 0. The van der Waals surface area contributed by atoms with Crippen LogP contribution in [0.2, 0.25) is 0 Å². The molecule has 3 unspecified atom stereocenters. The fraction of sp³-hybridized carbons (Fsp3) is 1.00. The van der Waals surface area contributed by atoms with E-state index in [0.717, 1.165) is 23.7 Å². The Morgan fingerprint density at radius 1 is 0.944 bits per heavy atom. The van der Waals surface area contributed by atoms with Gasteiger partial charge < -0.3 is 5.32 Å². The molecule has 1 saturated heterocycles. The van der Waals surface area contributed by atoms with Gasteiger partial charge >= 0.3 is 0 Å². The van der Waals surface area contributed by atoms with Gasteiger partial charge in [-0.15, -0.1) is 0 Å². The molecule has 1 N–H and O–H groups in total. The van der Waals surface area contributed by atoms with Crippen molar-refractivity contribution >= 4 is 0 Å². The van der Waals surface area contributed by atoms with Crippen LogP contribution in [0.4, 0.5) is 0 Å². The smallest absolute Gasteiger partial charge is 0.00127 e. The van der Waals surface area contributed by atoms with Crippen LogP contribution in [0.5, 0.6) is 0 Å². The zero-order valence-corrected chi connectivity index (χ0v) is 13.0. The third-order valence-corrected chi connectivity index (χ3v) is 5.96. The molecule has 0 amide bonds. The van der Waals surface area contributed by atoms with Gasteiger partial charge in [0.2, 0.25) is 0 Å². The molecule has 0 aromatic carbocycles. The normalized spacial score (nSPS) is 38.3. The van der Waals surface area contributed by atoms with E-state index in [4.69, 9.17) is 0 Å². The first-order valence-electron chi connectivity index (χ1n) is 8.26. The maximum atomic E-state index is 3.64. The van der Waals surface area contributed by atoms with Crippen molar-refractivity contribution in [3.05, 3.63) is 0 Å². The van der Waals surface area contributed by atoms with Crippen molar-refractivity contribution in [2.75, 3.05) is 13.1 Å². The second kappa shape index (κ2) is 5.94. The summed E-state index contributed by atoms with van der Waals surface area (Å²) in [6, 6.07) is 0. The highest BCUT2D eigenvalue weighted by Crippen LogP contribution is 2.49. The average Bonchev–Trinajstić information content (AvgIpc) is 2.53. The largest absolute Gasteiger partial charge is 0.316 e. The molecule has 2 fully saturated rings. The van der Waals surface area contributed by atoms with Crippen LogP contribution in [0, 0.1) is 29.1 Å². The van der Waals surface area contributed by atoms with Crippen molar-refractivity contribution in [1.29, 1.82) is 0 Å². The van der Waals surface area contributed by atoms with Gasteiger partial charge in [0, 0.05) is 0 Å². The number of rotatable bonds is 2. The van der Waals surface area contributed by atoms with Crippen LogP contribution in [-0.2, 0) is 0 Å². The van der Waals surface area contributed by atoms with E-state index in [-0.39, 0.29) is 0 Å². The molecular weight excluding hydrogens is 218 g/mol. The van der Waals surface area contributed by atoms with Crippen molar-refractivity contribution in [3.8, 4) is 0 Å². The van der Waals surface area contributed by atoms with Crippen LogP contribution in [0.25, 0.3) is 0 Å². The second-order valence-electron chi connectivity index (χ2n) is 7.60. The minimum absolute atomic E-state index is 0.684. The lowest BCUT2D eigenvalue weighted by molar-refractivity contribution is 0.0518. The molecule has 0 aromatic rings. The summed E-state index contributed by atoms with van der Waals surface area (Å²) in [6.45, 7) is 12.2. The van der Waals surface area contributed by atoms with Gasteiger partial charge in [-0.1, -0.05) is 40.5 Å². The molecule has 1 heterocycles. The predicted octanol–water partition coefficient (Wildman–Crippen LogP) is 4.47. The molecule has 106 valence electrons. The first kappa shape index (κ1) is 14.4. The monoisotopic (exact) mass is 251 g/mol. The highest BCUT2D eigenvalue weighted by molar-refractivity contribution is 4.95. The lowest BCUT2D eigenvalue weighted by atomic mass is 9.62. The van der Waals surface area contributed by atoms with Gasteiger partial charge in [0.05, 0.1) is 0 Å². The van der Waals surface area contributed by atoms with E-state index in [1.54, 1.807) is 0 Å². The van der Waals surface area contributed by atoms with Crippen LogP contribution < -0.4 is 5.32 Å². The van der Waals surface area contributed by atoms with Crippen molar-refractivity contribution in [2.24, 2.45) is 29.1 Å². The Bertz CT molecular complexity index is 258. The molecule has 1 saturated carbocycles. The zero-order chi connectivity index (χ0) is 13.2. The Labute approximate surface area is 114 Å². The van der Waals surface area contributed by atoms with E-state index < -0.39 is 0 Å². The quantitative estimate of drug-likeness (QED) is 0.763. The number of piperidine rings is 1. The standard InChI is InChI=1S/C17H33N/c1-13(2)15-6-5-8-17(9-7-15)10-11-18-12-16(17)14(3)4/h13-16,18H,5-12H2,1-4H3. The summed E-state index contributed by atoms with van der Waals surface area (Å²) in [5.41, 5.74) is 0.684. The van der Waals surface area contributed by atoms with Crippen molar-refractivity contribution in [2.45, 2.75) is 66.2 Å². The molecule has 2 aliphatic rings. The lowest BCUT2D eigenvalue weighted by Crippen LogP contribution is -2.47. The van der Waals surface area contributed by atoms with Gasteiger partial charge in [-0.25, -0.2) is 0 Å². The van der Waals surface area contributed by atoms with Gasteiger partial charge in [0.15, 0.2) is 0 Å². The van der Waals surface area contributed by atoms with Gasteiger partial charge in [0.25, 0.3) is 0 Å². The molecule has 1 nitrogen and oxygen atoms in total. The minimum atomic E-state index is 0.684. The molecule has 1 spiro atoms. The third-order valence-electron chi connectivity index (χ3n) is 5.96. The number of nitrogens with one attached hydrogen (secondary N) is 1. The first-order chi connectivity index (χ1) is 8.55. The van der Waals surface area contributed by atoms with E-state index in [9.17, 15) is 0 Å². The molecule has 2 rings (SSSR count). The average molecular weight is 251 g/mol. The Hall–Kier alpha value is -0.0400. The minimum Gasteiger partial charge on any atom is -0.316 e. The van der Waals surface area contributed by atoms with Crippen molar-refractivity contribution in [3.63, 3.8) is 0 Å². The highest BCUT2D eigenvalue weighted by Gasteiger charge is 2.42. The predicted molar refractivity (Wildman–Crippen MR) is 79.7 cm³/mol. The molecule has 0 aromatic heterocycles. The molecule has 0 bridgehead atoms.